The number of hydrogen-bond acceptors (Lipinski definition) is 3. The van der Waals surface area contributed by atoms with E-state index in [4.69, 9.17) is 0 Å². The lowest BCUT2D eigenvalue weighted by atomic mass is 10.2. The maximum absolute atomic E-state index is 4.62. The van der Waals surface area contributed by atoms with E-state index in [0.717, 1.165) is 43.0 Å². The molecule has 21 heavy (non-hydrogen) atoms. The Bertz CT molecular complexity index is 725. The molecule has 5 heteroatoms. The third-order valence-corrected chi connectivity index (χ3v) is 3.59. The second-order valence-corrected chi connectivity index (χ2v) is 5.30. The Kier molecular flexibility index (Phi) is 4.01. The average Bonchev–Trinajstić information content (AvgIpc) is 3.06. The molecule has 3 rings (SSSR count). The minimum Gasteiger partial charge on any atom is -0.331 e. The van der Waals surface area contributed by atoms with Crippen molar-refractivity contribution < 1.29 is 0 Å². The van der Waals surface area contributed by atoms with Crippen LogP contribution < -0.4 is 5.32 Å². The third kappa shape index (κ3) is 2.97. The minimum absolute atomic E-state index is 0.752. The van der Waals surface area contributed by atoms with E-state index < -0.39 is 0 Å². The maximum atomic E-state index is 4.62. The summed E-state index contributed by atoms with van der Waals surface area (Å²) in [6, 6.07) is 8.32. The van der Waals surface area contributed by atoms with Crippen LogP contribution in [-0.4, -0.2) is 25.9 Å². The van der Waals surface area contributed by atoms with Crippen LogP contribution in [0.15, 0.2) is 36.8 Å². The van der Waals surface area contributed by atoms with Crippen molar-refractivity contribution in [1.82, 2.24) is 24.6 Å². The Hall–Kier alpha value is -2.14. The van der Waals surface area contributed by atoms with Gasteiger partial charge in [0.1, 0.15) is 0 Å². The first-order valence-corrected chi connectivity index (χ1v) is 7.40. The van der Waals surface area contributed by atoms with Gasteiger partial charge in [0, 0.05) is 25.2 Å². The van der Waals surface area contributed by atoms with Crippen molar-refractivity contribution in [3.63, 3.8) is 0 Å². The predicted octanol–water partition coefficient (Wildman–Crippen LogP) is 2.32. The van der Waals surface area contributed by atoms with Gasteiger partial charge in [-0.3, -0.25) is 4.68 Å². The second kappa shape index (κ2) is 6.10. The fourth-order valence-electron chi connectivity index (χ4n) is 2.56. The van der Waals surface area contributed by atoms with E-state index in [1.165, 1.54) is 5.39 Å². The Balaban J connectivity index is 1.76. The molecule has 2 aromatic heterocycles. The number of aromatic nitrogens is 4. The highest BCUT2D eigenvalue weighted by atomic mass is 15.3. The van der Waals surface area contributed by atoms with Gasteiger partial charge in [-0.15, -0.1) is 0 Å². The van der Waals surface area contributed by atoms with Gasteiger partial charge in [0.25, 0.3) is 0 Å². The predicted molar refractivity (Wildman–Crippen MR) is 84.0 cm³/mol. The molecule has 0 bridgehead atoms. The molecule has 5 nitrogen and oxygen atoms in total. The number of imidazole rings is 1. The topological polar surface area (TPSA) is 47.7 Å². The van der Waals surface area contributed by atoms with Gasteiger partial charge >= 0.3 is 0 Å². The van der Waals surface area contributed by atoms with Crippen LogP contribution in [0.5, 0.6) is 0 Å². The molecule has 0 amide bonds. The molecule has 0 radical (unpaired) electrons. The lowest BCUT2D eigenvalue weighted by molar-refractivity contribution is 0.665. The highest BCUT2D eigenvalue weighted by Gasteiger charge is 2.08. The molecule has 3 aromatic rings. The number of nitrogens with one attached hydrogen (secondary N) is 1. The molecule has 0 aliphatic rings. The number of rotatable bonds is 6. The van der Waals surface area contributed by atoms with Crippen LogP contribution >= 0.6 is 0 Å². The summed E-state index contributed by atoms with van der Waals surface area (Å²) in [5, 5.41) is 9.20. The first kappa shape index (κ1) is 13.8. The summed E-state index contributed by atoms with van der Waals surface area (Å²) < 4.78 is 4.03. The van der Waals surface area contributed by atoms with Crippen LogP contribution in [0.2, 0.25) is 0 Å². The summed E-state index contributed by atoms with van der Waals surface area (Å²) in [7, 11) is 1.99. The zero-order valence-corrected chi connectivity index (χ0v) is 12.6. The van der Waals surface area contributed by atoms with Crippen LogP contribution in [0.1, 0.15) is 24.7 Å². The lowest BCUT2D eigenvalue weighted by Gasteiger charge is -2.00. The van der Waals surface area contributed by atoms with Crippen LogP contribution in [0.3, 0.4) is 0 Å². The SMILES string of the molecule is CCCNCc1cn(Cc2nn(C)c3ccccc23)cn1. The highest BCUT2D eigenvalue weighted by molar-refractivity contribution is 5.81. The Morgan fingerprint density at radius 3 is 2.95 bits per heavy atom. The smallest absolute Gasteiger partial charge is 0.0953 e. The number of hydrogen-bond donors (Lipinski definition) is 1. The average molecular weight is 283 g/mol. The monoisotopic (exact) mass is 283 g/mol. The molecule has 0 aliphatic heterocycles. The van der Waals surface area contributed by atoms with Crippen molar-refractivity contribution in [2.75, 3.05) is 6.54 Å². The van der Waals surface area contributed by atoms with Crippen LogP contribution in [0.25, 0.3) is 10.9 Å². The molecule has 0 aliphatic carbocycles. The minimum atomic E-state index is 0.752. The zero-order valence-electron chi connectivity index (χ0n) is 12.6. The number of aryl methyl sites for hydroxylation is 1. The number of para-hydroxylation sites is 1. The Labute approximate surface area is 124 Å². The largest absolute Gasteiger partial charge is 0.331 e. The molecular formula is C16H21N5. The van der Waals surface area contributed by atoms with Crippen molar-refractivity contribution >= 4 is 10.9 Å². The molecule has 0 saturated carbocycles. The van der Waals surface area contributed by atoms with Gasteiger partial charge in [-0.25, -0.2) is 4.98 Å². The van der Waals surface area contributed by atoms with Gasteiger partial charge in [-0.2, -0.15) is 5.10 Å². The van der Waals surface area contributed by atoms with E-state index >= 15 is 0 Å². The Morgan fingerprint density at radius 1 is 1.24 bits per heavy atom. The fraction of sp³-hybridized carbons (Fsp3) is 0.375. The molecule has 1 N–H and O–H groups in total. The van der Waals surface area contributed by atoms with Gasteiger partial charge < -0.3 is 9.88 Å². The van der Waals surface area contributed by atoms with E-state index in [1.54, 1.807) is 0 Å². The third-order valence-electron chi connectivity index (χ3n) is 3.59. The van der Waals surface area contributed by atoms with Crippen molar-refractivity contribution in [2.24, 2.45) is 7.05 Å². The summed E-state index contributed by atoms with van der Waals surface area (Å²) in [5.41, 5.74) is 3.32. The fourth-order valence-corrected chi connectivity index (χ4v) is 2.56. The molecule has 110 valence electrons. The van der Waals surface area contributed by atoms with Crippen molar-refractivity contribution in [3.8, 4) is 0 Å². The zero-order chi connectivity index (χ0) is 14.7. The molecule has 0 saturated heterocycles. The Morgan fingerprint density at radius 2 is 2.10 bits per heavy atom. The van der Waals surface area contributed by atoms with Crippen molar-refractivity contribution in [3.05, 3.63) is 48.2 Å². The van der Waals surface area contributed by atoms with Crippen LogP contribution in [0.4, 0.5) is 0 Å². The van der Waals surface area contributed by atoms with Gasteiger partial charge in [-0.1, -0.05) is 25.1 Å². The standard InChI is InChI=1S/C16H21N5/c1-3-8-17-9-13-10-21(12-18-13)11-15-14-6-4-5-7-16(14)20(2)19-15/h4-7,10,12,17H,3,8-9,11H2,1-2H3. The molecule has 0 fully saturated rings. The summed E-state index contributed by atoms with van der Waals surface area (Å²) in [5.74, 6) is 0. The van der Waals surface area contributed by atoms with Gasteiger partial charge in [-0.05, 0) is 19.0 Å². The van der Waals surface area contributed by atoms with Crippen LogP contribution in [-0.2, 0) is 20.1 Å². The van der Waals surface area contributed by atoms with Crippen molar-refractivity contribution in [1.29, 1.82) is 0 Å². The number of benzene rings is 1. The lowest BCUT2D eigenvalue weighted by Crippen LogP contribution is -2.13. The molecule has 0 spiro atoms. The van der Waals surface area contributed by atoms with Gasteiger partial charge in [0.05, 0.1) is 29.8 Å². The van der Waals surface area contributed by atoms with E-state index in [2.05, 4.69) is 51.3 Å². The molecule has 1 aromatic carbocycles. The summed E-state index contributed by atoms with van der Waals surface area (Å²) in [4.78, 5) is 4.44. The first-order chi connectivity index (χ1) is 10.3. The normalized spacial score (nSPS) is 11.3. The van der Waals surface area contributed by atoms with E-state index in [9.17, 15) is 0 Å². The quantitative estimate of drug-likeness (QED) is 0.706. The number of fused-ring (bicyclic) bond motifs is 1. The van der Waals surface area contributed by atoms with Crippen molar-refractivity contribution in [2.45, 2.75) is 26.4 Å². The summed E-state index contributed by atoms with van der Waals surface area (Å²) >= 11 is 0. The highest BCUT2D eigenvalue weighted by Crippen LogP contribution is 2.18. The maximum Gasteiger partial charge on any atom is 0.0953 e. The van der Waals surface area contributed by atoms with E-state index in [1.807, 2.05) is 24.1 Å². The molecule has 0 atom stereocenters. The van der Waals surface area contributed by atoms with Crippen LogP contribution in [0, 0.1) is 0 Å². The van der Waals surface area contributed by atoms with E-state index in [-0.39, 0.29) is 0 Å². The first-order valence-electron chi connectivity index (χ1n) is 7.40. The number of nitrogens with zero attached hydrogens (tertiary/aromatic N) is 4. The molecule has 2 heterocycles. The summed E-state index contributed by atoms with van der Waals surface area (Å²) in [6.07, 6.45) is 5.11. The van der Waals surface area contributed by atoms with E-state index in [0.29, 0.717) is 0 Å². The molecule has 0 unspecified atom stereocenters. The second-order valence-electron chi connectivity index (χ2n) is 5.30. The van der Waals surface area contributed by atoms with Gasteiger partial charge in [0.15, 0.2) is 0 Å². The van der Waals surface area contributed by atoms with Gasteiger partial charge in [0.2, 0.25) is 0 Å². The summed E-state index contributed by atoms with van der Waals surface area (Å²) in [6.45, 7) is 4.77. The molecular weight excluding hydrogens is 262 g/mol.